The van der Waals surface area contributed by atoms with E-state index in [1.807, 2.05) is 17.7 Å². The third kappa shape index (κ3) is 1.87. The fourth-order valence-corrected chi connectivity index (χ4v) is 2.87. The van der Waals surface area contributed by atoms with Gasteiger partial charge in [-0.05, 0) is 26.8 Å². The van der Waals surface area contributed by atoms with Crippen molar-refractivity contribution in [2.45, 2.75) is 26.8 Å². The molecule has 1 aromatic carbocycles. The Morgan fingerprint density at radius 3 is 2.73 bits per heavy atom. The van der Waals surface area contributed by atoms with Crippen LogP contribution in [0, 0.1) is 6.92 Å². The van der Waals surface area contributed by atoms with Crippen LogP contribution in [0.1, 0.15) is 25.6 Å². The van der Waals surface area contributed by atoms with E-state index in [4.69, 9.17) is 21.1 Å². The number of aromatic nitrogens is 4. The second-order valence-corrected chi connectivity index (χ2v) is 6.00. The van der Waals surface area contributed by atoms with Gasteiger partial charge in [0.05, 0.1) is 10.7 Å². The highest BCUT2D eigenvalue weighted by molar-refractivity contribution is 6.33. The van der Waals surface area contributed by atoms with Crippen LogP contribution in [0.5, 0.6) is 11.5 Å². The van der Waals surface area contributed by atoms with Gasteiger partial charge in [-0.2, -0.15) is 5.10 Å². The maximum Gasteiger partial charge on any atom is 0.231 e. The van der Waals surface area contributed by atoms with Gasteiger partial charge in [-0.3, -0.25) is 0 Å². The topological polar surface area (TPSA) is 65.0 Å². The van der Waals surface area contributed by atoms with Gasteiger partial charge in [0, 0.05) is 17.7 Å². The number of nitrogens with one attached hydrogen (secondary N) is 1. The Bertz CT molecular complexity index is 881. The van der Waals surface area contributed by atoms with E-state index in [-0.39, 0.29) is 12.8 Å². The van der Waals surface area contributed by atoms with Crippen molar-refractivity contribution >= 4 is 22.8 Å². The lowest BCUT2D eigenvalue weighted by atomic mass is 10.2. The van der Waals surface area contributed by atoms with Crippen molar-refractivity contribution in [1.29, 1.82) is 0 Å². The summed E-state index contributed by atoms with van der Waals surface area (Å²) in [7, 11) is 0. The van der Waals surface area contributed by atoms with Gasteiger partial charge in [0.15, 0.2) is 17.1 Å². The molecule has 0 atom stereocenters. The van der Waals surface area contributed by atoms with Crippen LogP contribution in [0.2, 0.25) is 5.02 Å². The van der Waals surface area contributed by atoms with E-state index in [1.165, 1.54) is 0 Å². The van der Waals surface area contributed by atoms with E-state index in [0.717, 1.165) is 22.4 Å². The molecule has 0 spiro atoms. The number of hydrogen-bond donors (Lipinski definition) is 1. The minimum absolute atomic E-state index is 0.219. The maximum atomic E-state index is 6.36. The van der Waals surface area contributed by atoms with Crippen molar-refractivity contribution in [3.05, 3.63) is 22.8 Å². The molecule has 114 valence electrons. The van der Waals surface area contributed by atoms with Crippen LogP contribution in [-0.4, -0.2) is 26.5 Å². The largest absolute Gasteiger partial charge is 0.454 e. The van der Waals surface area contributed by atoms with E-state index >= 15 is 0 Å². The van der Waals surface area contributed by atoms with Crippen LogP contribution >= 0.6 is 11.6 Å². The fraction of sp³-hybridized carbons (Fsp3) is 0.333. The summed E-state index contributed by atoms with van der Waals surface area (Å²) in [4.78, 5) is 7.99. The van der Waals surface area contributed by atoms with E-state index in [0.29, 0.717) is 22.3 Å². The van der Waals surface area contributed by atoms with Crippen molar-refractivity contribution < 1.29 is 9.47 Å². The Kier molecular flexibility index (Phi) is 2.84. The number of aromatic amines is 1. The molecule has 0 radical (unpaired) electrons. The molecule has 2 aromatic heterocycles. The molecule has 3 aromatic rings. The van der Waals surface area contributed by atoms with Gasteiger partial charge in [0.25, 0.3) is 0 Å². The summed E-state index contributed by atoms with van der Waals surface area (Å²) in [6.45, 7) is 6.34. The predicted octanol–water partition coefficient (Wildman–Crippen LogP) is 3.70. The summed E-state index contributed by atoms with van der Waals surface area (Å²) in [5, 5.41) is 5.08. The van der Waals surface area contributed by atoms with E-state index in [1.54, 1.807) is 6.07 Å². The first-order valence-corrected chi connectivity index (χ1v) is 7.46. The number of imidazole rings is 1. The lowest BCUT2D eigenvalue weighted by Gasteiger charge is -2.05. The van der Waals surface area contributed by atoms with Gasteiger partial charge in [0.1, 0.15) is 11.3 Å². The SMILES string of the molecule is Cc1nn(C(C)C)c2nc(-c3cc4c(cc3Cl)OCO4)[nH]c12. The van der Waals surface area contributed by atoms with Gasteiger partial charge in [-0.1, -0.05) is 11.6 Å². The second-order valence-electron chi connectivity index (χ2n) is 5.59. The first-order chi connectivity index (χ1) is 10.5. The number of aryl methyl sites for hydroxylation is 1. The molecule has 1 N–H and O–H groups in total. The molecule has 22 heavy (non-hydrogen) atoms. The summed E-state index contributed by atoms with van der Waals surface area (Å²) in [5.74, 6) is 2.05. The number of fused-ring (bicyclic) bond motifs is 2. The smallest absolute Gasteiger partial charge is 0.231 e. The lowest BCUT2D eigenvalue weighted by molar-refractivity contribution is 0.174. The first kappa shape index (κ1) is 13.5. The van der Waals surface area contributed by atoms with Crippen molar-refractivity contribution in [3.8, 4) is 22.9 Å². The number of ether oxygens (including phenoxy) is 2. The average molecular weight is 319 g/mol. The Hall–Kier alpha value is -2.21. The Balaban J connectivity index is 1.90. The minimum atomic E-state index is 0.219. The molecule has 4 rings (SSSR count). The second kappa shape index (κ2) is 4.64. The lowest BCUT2D eigenvalue weighted by Crippen LogP contribution is -2.03. The number of benzene rings is 1. The summed E-state index contributed by atoms with van der Waals surface area (Å²) >= 11 is 6.36. The van der Waals surface area contributed by atoms with Gasteiger partial charge < -0.3 is 14.5 Å². The number of hydrogen-bond acceptors (Lipinski definition) is 4. The highest BCUT2D eigenvalue weighted by atomic mass is 35.5. The number of nitrogens with zero attached hydrogens (tertiary/aromatic N) is 3. The van der Waals surface area contributed by atoms with Crippen LogP contribution in [0.4, 0.5) is 0 Å². The van der Waals surface area contributed by atoms with E-state index in [9.17, 15) is 0 Å². The Labute approximate surface area is 132 Å². The molecular weight excluding hydrogens is 304 g/mol. The average Bonchev–Trinajstić information content (AvgIpc) is 3.13. The minimum Gasteiger partial charge on any atom is -0.454 e. The molecule has 1 aliphatic rings. The van der Waals surface area contributed by atoms with Crippen LogP contribution < -0.4 is 9.47 Å². The van der Waals surface area contributed by atoms with Gasteiger partial charge in [-0.15, -0.1) is 0 Å². The molecule has 0 unspecified atom stereocenters. The summed E-state index contributed by atoms with van der Waals surface area (Å²) in [6, 6.07) is 3.85. The molecule has 0 bridgehead atoms. The zero-order chi connectivity index (χ0) is 15.4. The number of halogens is 1. The molecule has 3 heterocycles. The normalized spacial score (nSPS) is 13.5. The van der Waals surface area contributed by atoms with Crippen LogP contribution in [-0.2, 0) is 0 Å². The van der Waals surface area contributed by atoms with Crippen molar-refractivity contribution in [2.24, 2.45) is 0 Å². The number of rotatable bonds is 2. The molecule has 1 aliphatic heterocycles. The Morgan fingerprint density at radius 2 is 2.00 bits per heavy atom. The quantitative estimate of drug-likeness (QED) is 0.782. The third-order valence-electron chi connectivity index (χ3n) is 3.73. The third-order valence-corrected chi connectivity index (χ3v) is 4.04. The van der Waals surface area contributed by atoms with Crippen LogP contribution in [0.3, 0.4) is 0 Å². The molecule has 0 fully saturated rings. The van der Waals surface area contributed by atoms with Gasteiger partial charge in [-0.25, -0.2) is 9.67 Å². The fourth-order valence-electron chi connectivity index (χ4n) is 2.63. The van der Waals surface area contributed by atoms with Crippen molar-refractivity contribution in [1.82, 2.24) is 19.7 Å². The van der Waals surface area contributed by atoms with Crippen LogP contribution in [0.15, 0.2) is 12.1 Å². The van der Waals surface area contributed by atoms with Crippen LogP contribution in [0.25, 0.3) is 22.6 Å². The molecular formula is C15H15ClN4O2. The monoisotopic (exact) mass is 318 g/mol. The molecule has 0 amide bonds. The summed E-state index contributed by atoms with van der Waals surface area (Å²) in [6.07, 6.45) is 0. The Morgan fingerprint density at radius 1 is 1.27 bits per heavy atom. The standard InChI is InChI=1S/C15H15ClN4O2/c1-7(2)20-15-13(8(3)19-20)17-14(18-15)9-4-11-12(5-10(9)16)22-6-21-11/h4-5,7H,6H2,1-3H3,(H,17,18). The molecule has 0 aliphatic carbocycles. The predicted molar refractivity (Wildman–Crippen MR) is 83.6 cm³/mol. The first-order valence-electron chi connectivity index (χ1n) is 7.09. The molecule has 7 heteroatoms. The zero-order valence-electron chi connectivity index (χ0n) is 12.5. The van der Waals surface area contributed by atoms with Gasteiger partial charge in [0.2, 0.25) is 6.79 Å². The molecule has 0 saturated carbocycles. The molecule has 6 nitrogen and oxygen atoms in total. The molecule has 0 saturated heterocycles. The highest BCUT2D eigenvalue weighted by Crippen LogP contribution is 2.40. The summed E-state index contributed by atoms with van der Waals surface area (Å²) < 4.78 is 12.7. The van der Waals surface area contributed by atoms with E-state index in [2.05, 4.69) is 28.9 Å². The van der Waals surface area contributed by atoms with E-state index < -0.39 is 0 Å². The highest BCUT2D eigenvalue weighted by Gasteiger charge is 2.21. The number of H-pyrrole nitrogens is 1. The summed E-state index contributed by atoms with van der Waals surface area (Å²) in [5.41, 5.74) is 3.46. The van der Waals surface area contributed by atoms with Crippen molar-refractivity contribution in [3.63, 3.8) is 0 Å². The zero-order valence-corrected chi connectivity index (χ0v) is 13.2. The van der Waals surface area contributed by atoms with Crippen molar-refractivity contribution in [2.75, 3.05) is 6.79 Å². The maximum absolute atomic E-state index is 6.36. The van der Waals surface area contributed by atoms with Gasteiger partial charge >= 0.3 is 0 Å².